The summed E-state index contributed by atoms with van der Waals surface area (Å²) >= 11 is 0. The zero-order valence-electron chi connectivity index (χ0n) is 17.2. The molecule has 6 nitrogen and oxygen atoms in total. The van der Waals surface area contributed by atoms with Gasteiger partial charge >= 0.3 is 11.9 Å². The molecule has 28 heavy (non-hydrogen) atoms. The molecule has 1 N–H and O–H groups in total. The SMILES string of the molecule is Cc1ccc(C(=O)NCC(=O)OCC(=O)O[C@@H]2C[C@H](C)CC[C@H]2C(C)C)cc1. The van der Waals surface area contributed by atoms with Crippen molar-refractivity contribution in [1.29, 1.82) is 0 Å². The first kappa shape index (κ1) is 21.9. The van der Waals surface area contributed by atoms with Crippen LogP contribution in [0, 0.1) is 24.7 Å². The van der Waals surface area contributed by atoms with E-state index in [0.717, 1.165) is 24.8 Å². The van der Waals surface area contributed by atoms with Crippen LogP contribution < -0.4 is 5.32 Å². The molecular formula is C22H31NO5. The smallest absolute Gasteiger partial charge is 0.344 e. The molecular weight excluding hydrogens is 358 g/mol. The van der Waals surface area contributed by atoms with Crippen molar-refractivity contribution in [2.24, 2.45) is 17.8 Å². The van der Waals surface area contributed by atoms with Crippen LogP contribution in [0.1, 0.15) is 56.0 Å². The second-order valence-corrected chi connectivity index (χ2v) is 8.06. The Labute approximate surface area is 167 Å². The molecule has 1 aliphatic rings. The van der Waals surface area contributed by atoms with E-state index in [9.17, 15) is 14.4 Å². The summed E-state index contributed by atoms with van der Waals surface area (Å²) in [5, 5.41) is 2.49. The number of carbonyl (C=O) groups is 3. The zero-order chi connectivity index (χ0) is 20.7. The Bertz CT molecular complexity index is 683. The molecule has 3 atom stereocenters. The number of amides is 1. The molecule has 2 rings (SSSR count). The lowest BCUT2D eigenvalue weighted by molar-refractivity contribution is -0.166. The van der Waals surface area contributed by atoms with Crippen LogP contribution >= 0.6 is 0 Å². The summed E-state index contributed by atoms with van der Waals surface area (Å²) in [6, 6.07) is 7.01. The molecule has 0 radical (unpaired) electrons. The van der Waals surface area contributed by atoms with Crippen molar-refractivity contribution < 1.29 is 23.9 Å². The number of nitrogens with one attached hydrogen (secondary N) is 1. The van der Waals surface area contributed by atoms with Crippen LogP contribution in [-0.2, 0) is 19.1 Å². The third-order valence-electron chi connectivity index (χ3n) is 5.30. The average molecular weight is 389 g/mol. The van der Waals surface area contributed by atoms with Gasteiger partial charge in [0.25, 0.3) is 5.91 Å². The van der Waals surface area contributed by atoms with Gasteiger partial charge < -0.3 is 14.8 Å². The normalized spacial score (nSPS) is 21.8. The first-order chi connectivity index (χ1) is 13.3. The maximum absolute atomic E-state index is 12.1. The maximum Gasteiger partial charge on any atom is 0.344 e. The minimum Gasteiger partial charge on any atom is -0.460 e. The summed E-state index contributed by atoms with van der Waals surface area (Å²) < 4.78 is 10.5. The second-order valence-electron chi connectivity index (χ2n) is 8.06. The zero-order valence-corrected chi connectivity index (χ0v) is 17.2. The lowest BCUT2D eigenvalue weighted by Gasteiger charge is -2.36. The fourth-order valence-corrected chi connectivity index (χ4v) is 3.60. The van der Waals surface area contributed by atoms with Crippen LogP contribution in [0.2, 0.25) is 0 Å². The van der Waals surface area contributed by atoms with Gasteiger partial charge in [-0.3, -0.25) is 9.59 Å². The standard InChI is InChI=1S/C22H31NO5/c1-14(2)18-10-7-16(4)11-19(18)28-21(25)13-27-20(24)12-23-22(26)17-8-5-15(3)6-9-17/h5-6,8-9,14,16,18-19H,7,10-13H2,1-4H3,(H,23,26)/t16-,18+,19-/m1/s1. The van der Waals surface area contributed by atoms with Gasteiger partial charge in [-0.25, -0.2) is 4.79 Å². The highest BCUT2D eigenvalue weighted by atomic mass is 16.6. The highest BCUT2D eigenvalue weighted by Gasteiger charge is 2.33. The van der Waals surface area contributed by atoms with E-state index < -0.39 is 18.5 Å². The summed E-state index contributed by atoms with van der Waals surface area (Å²) in [6.07, 6.45) is 2.90. The molecule has 0 unspecified atom stereocenters. The van der Waals surface area contributed by atoms with E-state index in [2.05, 4.69) is 26.1 Å². The minimum absolute atomic E-state index is 0.129. The van der Waals surface area contributed by atoms with Crippen LogP contribution in [0.3, 0.4) is 0 Å². The third-order valence-corrected chi connectivity index (χ3v) is 5.30. The Kier molecular flexibility index (Phi) is 8.03. The van der Waals surface area contributed by atoms with Crippen LogP contribution in [-0.4, -0.2) is 37.1 Å². The maximum atomic E-state index is 12.1. The lowest BCUT2D eigenvalue weighted by Crippen LogP contribution is -2.37. The number of hydrogen-bond donors (Lipinski definition) is 1. The number of esters is 2. The Morgan fingerprint density at radius 3 is 2.43 bits per heavy atom. The quantitative estimate of drug-likeness (QED) is 0.724. The van der Waals surface area contributed by atoms with Gasteiger partial charge in [0.05, 0.1) is 0 Å². The Morgan fingerprint density at radius 2 is 1.79 bits per heavy atom. The molecule has 1 aromatic rings. The molecule has 0 aromatic heterocycles. The average Bonchev–Trinajstić information content (AvgIpc) is 2.64. The molecule has 1 aromatic carbocycles. The molecule has 0 spiro atoms. The number of rotatable bonds is 7. The Balaban J connectivity index is 1.73. The van der Waals surface area contributed by atoms with Gasteiger partial charge in [-0.05, 0) is 49.7 Å². The molecule has 0 bridgehead atoms. The molecule has 1 aliphatic carbocycles. The van der Waals surface area contributed by atoms with Gasteiger partial charge in [-0.1, -0.05) is 44.9 Å². The van der Waals surface area contributed by atoms with Gasteiger partial charge in [-0.15, -0.1) is 0 Å². The summed E-state index contributed by atoms with van der Waals surface area (Å²) in [5.74, 6) is -0.282. The van der Waals surface area contributed by atoms with Gasteiger partial charge in [0.1, 0.15) is 12.6 Å². The Hall–Kier alpha value is -2.37. The summed E-state index contributed by atoms with van der Waals surface area (Å²) in [5.41, 5.74) is 1.51. The van der Waals surface area contributed by atoms with Gasteiger partial charge in [0.15, 0.2) is 6.61 Å². The number of benzene rings is 1. The van der Waals surface area contributed by atoms with Crippen molar-refractivity contribution >= 4 is 17.8 Å². The van der Waals surface area contributed by atoms with E-state index in [1.807, 2.05) is 19.1 Å². The highest BCUT2D eigenvalue weighted by molar-refractivity contribution is 5.96. The lowest BCUT2D eigenvalue weighted by atomic mass is 9.75. The molecule has 6 heteroatoms. The summed E-state index contributed by atoms with van der Waals surface area (Å²) in [6.45, 7) is 7.63. The van der Waals surface area contributed by atoms with Crippen molar-refractivity contribution in [3.8, 4) is 0 Å². The van der Waals surface area contributed by atoms with E-state index in [4.69, 9.17) is 9.47 Å². The van der Waals surface area contributed by atoms with Crippen molar-refractivity contribution in [2.75, 3.05) is 13.2 Å². The number of carbonyl (C=O) groups excluding carboxylic acids is 3. The largest absolute Gasteiger partial charge is 0.460 e. The minimum atomic E-state index is -0.671. The van der Waals surface area contributed by atoms with E-state index in [-0.39, 0.29) is 18.6 Å². The summed E-state index contributed by atoms with van der Waals surface area (Å²) in [7, 11) is 0. The molecule has 1 saturated carbocycles. The van der Waals surface area contributed by atoms with Crippen LogP contribution in [0.25, 0.3) is 0 Å². The predicted molar refractivity (Wildman–Crippen MR) is 106 cm³/mol. The van der Waals surface area contributed by atoms with Crippen LogP contribution in [0.15, 0.2) is 24.3 Å². The fraction of sp³-hybridized carbons (Fsp3) is 0.591. The molecule has 0 aliphatic heterocycles. The van der Waals surface area contributed by atoms with E-state index in [1.165, 1.54) is 0 Å². The summed E-state index contributed by atoms with van der Waals surface area (Å²) in [4.78, 5) is 35.9. The topological polar surface area (TPSA) is 81.7 Å². The first-order valence-electron chi connectivity index (χ1n) is 9.96. The molecule has 0 saturated heterocycles. The molecule has 154 valence electrons. The van der Waals surface area contributed by atoms with Crippen LogP contribution in [0.5, 0.6) is 0 Å². The Morgan fingerprint density at radius 1 is 1.11 bits per heavy atom. The monoisotopic (exact) mass is 389 g/mol. The van der Waals surface area contributed by atoms with Crippen molar-refractivity contribution in [3.63, 3.8) is 0 Å². The molecule has 0 heterocycles. The molecule has 1 fully saturated rings. The predicted octanol–water partition coefficient (Wildman–Crippen LogP) is 3.27. The highest BCUT2D eigenvalue weighted by Crippen LogP contribution is 2.35. The third kappa shape index (κ3) is 6.66. The van der Waals surface area contributed by atoms with Crippen molar-refractivity contribution in [3.05, 3.63) is 35.4 Å². The fourth-order valence-electron chi connectivity index (χ4n) is 3.60. The van der Waals surface area contributed by atoms with E-state index in [0.29, 0.717) is 23.3 Å². The van der Waals surface area contributed by atoms with Crippen molar-refractivity contribution in [2.45, 2.75) is 53.1 Å². The number of ether oxygens (including phenoxy) is 2. The second kappa shape index (κ2) is 10.2. The van der Waals surface area contributed by atoms with Crippen LogP contribution in [0.4, 0.5) is 0 Å². The van der Waals surface area contributed by atoms with Gasteiger partial charge in [0, 0.05) is 5.56 Å². The number of hydrogen-bond acceptors (Lipinski definition) is 5. The van der Waals surface area contributed by atoms with Gasteiger partial charge in [0.2, 0.25) is 0 Å². The number of aryl methyl sites for hydroxylation is 1. The van der Waals surface area contributed by atoms with E-state index >= 15 is 0 Å². The van der Waals surface area contributed by atoms with Crippen molar-refractivity contribution in [1.82, 2.24) is 5.32 Å². The first-order valence-corrected chi connectivity index (χ1v) is 9.96. The van der Waals surface area contributed by atoms with Gasteiger partial charge in [-0.2, -0.15) is 0 Å². The molecule has 1 amide bonds. The van der Waals surface area contributed by atoms with E-state index in [1.54, 1.807) is 12.1 Å².